The minimum absolute atomic E-state index is 0.193. The number of hydrogen-bond donors (Lipinski definition) is 1. The Morgan fingerprint density at radius 1 is 1.08 bits per heavy atom. The fraction of sp³-hybridized carbons (Fsp3) is 0.615. The minimum Gasteiger partial charge on any atom is -0.376 e. The van der Waals surface area contributed by atoms with Gasteiger partial charge in [-0.05, 0) is 44.0 Å². The molecule has 0 radical (unpaired) electrons. The Kier molecular flexibility index (Phi) is 10.2. The molecule has 3 rings (SSSR count). The van der Waals surface area contributed by atoms with Crippen molar-refractivity contribution in [2.24, 2.45) is 0 Å². The maximum atomic E-state index is 12.6. The van der Waals surface area contributed by atoms with E-state index in [4.69, 9.17) is 0 Å². The fourth-order valence-corrected chi connectivity index (χ4v) is 5.41. The zero-order valence-electron chi connectivity index (χ0n) is 21.8. The Labute approximate surface area is 214 Å². The molecule has 1 unspecified atom stereocenters. The Morgan fingerprint density at radius 2 is 1.78 bits per heavy atom. The number of piperidine rings is 1. The second kappa shape index (κ2) is 13.4. The molecule has 10 heteroatoms. The van der Waals surface area contributed by atoms with Crippen molar-refractivity contribution >= 4 is 36.4 Å². The third-order valence-corrected chi connectivity index (χ3v) is 7.35. The molecule has 10 nitrogen and oxygen atoms in total. The van der Waals surface area contributed by atoms with Crippen molar-refractivity contribution in [2.75, 3.05) is 70.2 Å². The van der Waals surface area contributed by atoms with Gasteiger partial charge in [-0.15, -0.1) is 0 Å². The molecule has 1 atom stereocenters. The number of benzene rings is 1. The summed E-state index contributed by atoms with van der Waals surface area (Å²) in [5, 5.41) is 2.62. The zero-order chi connectivity index (χ0) is 26.1. The van der Waals surface area contributed by atoms with Crippen LogP contribution in [0.15, 0.2) is 18.2 Å². The number of nitrogens with zero attached hydrogens (tertiary/aromatic N) is 5. The standard InChI is InChI=1S/C26H40N6O4/c1-27-26(36)24(8-5-17-33)32(20-35)23-7-4-6-21(25(23)28(2)3)18-29-11-9-22(10-12-29)31-15-13-30(19-34)14-16-31/h4,6-7,17,19-20,22,24H,5,8-16,18H2,1-3H3,(H,27,36). The van der Waals surface area contributed by atoms with Gasteiger partial charge in [0.25, 0.3) is 0 Å². The van der Waals surface area contributed by atoms with Crippen LogP contribution in [-0.4, -0.2) is 112 Å². The van der Waals surface area contributed by atoms with Gasteiger partial charge in [0, 0.05) is 66.3 Å². The molecule has 0 saturated carbocycles. The Bertz CT molecular complexity index is 894. The quantitative estimate of drug-likeness (QED) is 0.419. The highest BCUT2D eigenvalue weighted by Gasteiger charge is 2.30. The van der Waals surface area contributed by atoms with Crippen LogP contribution in [0.1, 0.15) is 31.2 Å². The average molecular weight is 501 g/mol. The summed E-state index contributed by atoms with van der Waals surface area (Å²) >= 11 is 0. The average Bonchev–Trinajstić information content (AvgIpc) is 2.91. The number of anilines is 2. The lowest BCUT2D eigenvalue weighted by Gasteiger charge is -2.42. The number of para-hydroxylation sites is 1. The summed E-state index contributed by atoms with van der Waals surface area (Å²) in [5.74, 6) is -0.296. The molecule has 3 amide bonds. The lowest BCUT2D eigenvalue weighted by atomic mass is 10.0. The molecular formula is C26H40N6O4. The molecule has 2 aliphatic rings. The second-order valence-corrected chi connectivity index (χ2v) is 9.75. The summed E-state index contributed by atoms with van der Waals surface area (Å²) < 4.78 is 0. The highest BCUT2D eigenvalue weighted by Crippen LogP contribution is 2.34. The van der Waals surface area contributed by atoms with Crippen LogP contribution in [0.25, 0.3) is 0 Å². The molecule has 0 spiro atoms. The molecule has 0 aromatic heterocycles. The first kappa shape index (κ1) is 27.6. The molecular weight excluding hydrogens is 460 g/mol. The number of carbonyl (C=O) groups is 4. The summed E-state index contributed by atoms with van der Waals surface area (Å²) in [6.07, 6.45) is 5.03. The van der Waals surface area contributed by atoms with Crippen LogP contribution in [-0.2, 0) is 25.7 Å². The van der Waals surface area contributed by atoms with E-state index in [9.17, 15) is 19.2 Å². The summed E-state index contributed by atoms with van der Waals surface area (Å²) in [5.41, 5.74) is 2.65. The summed E-state index contributed by atoms with van der Waals surface area (Å²) in [4.78, 5) is 57.1. The molecule has 2 heterocycles. The van der Waals surface area contributed by atoms with Gasteiger partial charge in [0.05, 0.1) is 11.4 Å². The third-order valence-electron chi connectivity index (χ3n) is 7.35. The van der Waals surface area contributed by atoms with Gasteiger partial charge < -0.3 is 24.8 Å². The SMILES string of the molecule is CNC(=O)C(CCC=O)N(C=O)c1cccc(CN2CCC(N3CCN(C=O)CC3)CC2)c1N(C)C. The van der Waals surface area contributed by atoms with Gasteiger partial charge in [-0.1, -0.05) is 12.1 Å². The molecule has 1 aromatic carbocycles. The van der Waals surface area contributed by atoms with Gasteiger partial charge in [-0.3, -0.25) is 24.2 Å². The van der Waals surface area contributed by atoms with Crippen LogP contribution >= 0.6 is 0 Å². The van der Waals surface area contributed by atoms with Crippen LogP contribution in [0.5, 0.6) is 0 Å². The number of nitrogens with one attached hydrogen (secondary N) is 1. The van der Waals surface area contributed by atoms with E-state index in [2.05, 4.69) is 21.2 Å². The van der Waals surface area contributed by atoms with Crippen molar-refractivity contribution in [2.45, 2.75) is 44.3 Å². The van der Waals surface area contributed by atoms with Crippen LogP contribution in [0.2, 0.25) is 0 Å². The van der Waals surface area contributed by atoms with E-state index >= 15 is 0 Å². The number of rotatable bonds is 12. The van der Waals surface area contributed by atoms with Crippen molar-refractivity contribution in [1.82, 2.24) is 20.0 Å². The van der Waals surface area contributed by atoms with Crippen LogP contribution in [0.3, 0.4) is 0 Å². The highest BCUT2D eigenvalue weighted by atomic mass is 16.2. The fourth-order valence-electron chi connectivity index (χ4n) is 5.41. The molecule has 2 fully saturated rings. The van der Waals surface area contributed by atoms with Crippen LogP contribution in [0.4, 0.5) is 11.4 Å². The highest BCUT2D eigenvalue weighted by molar-refractivity contribution is 5.95. The van der Waals surface area contributed by atoms with Gasteiger partial charge in [-0.2, -0.15) is 0 Å². The maximum Gasteiger partial charge on any atom is 0.242 e. The monoisotopic (exact) mass is 500 g/mol. The van der Waals surface area contributed by atoms with Crippen molar-refractivity contribution in [1.29, 1.82) is 0 Å². The maximum absolute atomic E-state index is 12.6. The summed E-state index contributed by atoms with van der Waals surface area (Å²) in [7, 11) is 5.42. The van der Waals surface area contributed by atoms with Crippen molar-refractivity contribution in [3.63, 3.8) is 0 Å². The Balaban J connectivity index is 1.74. The zero-order valence-corrected chi connectivity index (χ0v) is 21.8. The first-order valence-corrected chi connectivity index (χ1v) is 12.8. The predicted octanol–water partition coefficient (Wildman–Crippen LogP) is 0.548. The molecule has 2 aliphatic heterocycles. The molecule has 36 heavy (non-hydrogen) atoms. The van der Waals surface area contributed by atoms with Crippen LogP contribution < -0.4 is 15.1 Å². The van der Waals surface area contributed by atoms with Crippen LogP contribution in [0, 0.1) is 0 Å². The van der Waals surface area contributed by atoms with Gasteiger partial charge in [0.1, 0.15) is 12.3 Å². The van der Waals surface area contributed by atoms with E-state index in [1.54, 1.807) is 0 Å². The molecule has 0 aliphatic carbocycles. The van der Waals surface area contributed by atoms with Gasteiger partial charge in [0.2, 0.25) is 18.7 Å². The number of aldehydes is 1. The normalized spacial score (nSPS) is 18.4. The van der Waals surface area contributed by atoms with Gasteiger partial charge >= 0.3 is 0 Å². The molecule has 198 valence electrons. The third kappa shape index (κ3) is 6.61. The molecule has 0 bridgehead atoms. The van der Waals surface area contributed by atoms with E-state index in [1.807, 2.05) is 36.0 Å². The van der Waals surface area contributed by atoms with E-state index in [-0.39, 0.29) is 18.7 Å². The molecule has 1 N–H and O–H groups in total. The van der Waals surface area contributed by atoms with E-state index in [0.717, 1.165) is 82.6 Å². The van der Waals surface area contributed by atoms with Crippen molar-refractivity contribution in [3.8, 4) is 0 Å². The molecule has 1 aromatic rings. The number of carbonyl (C=O) groups excluding carboxylic acids is 4. The van der Waals surface area contributed by atoms with Gasteiger partial charge in [-0.25, -0.2) is 0 Å². The number of hydrogen-bond acceptors (Lipinski definition) is 7. The van der Waals surface area contributed by atoms with Crippen molar-refractivity contribution in [3.05, 3.63) is 23.8 Å². The Morgan fingerprint density at radius 3 is 2.33 bits per heavy atom. The number of piperazine rings is 1. The largest absolute Gasteiger partial charge is 0.376 e. The lowest BCUT2D eigenvalue weighted by molar-refractivity contribution is -0.123. The van der Waals surface area contributed by atoms with Crippen molar-refractivity contribution < 1.29 is 19.2 Å². The first-order chi connectivity index (χ1) is 17.4. The summed E-state index contributed by atoms with van der Waals surface area (Å²) in [6, 6.07) is 5.64. The topological polar surface area (TPSA) is 96.5 Å². The smallest absolute Gasteiger partial charge is 0.242 e. The van der Waals surface area contributed by atoms with E-state index < -0.39 is 6.04 Å². The van der Waals surface area contributed by atoms with Gasteiger partial charge in [0.15, 0.2) is 0 Å². The lowest BCUT2D eigenvalue weighted by Crippen LogP contribution is -2.52. The predicted molar refractivity (Wildman–Crippen MR) is 140 cm³/mol. The first-order valence-electron chi connectivity index (χ1n) is 12.8. The minimum atomic E-state index is -0.762. The second-order valence-electron chi connectivity index (χ2n) is 9.75. The Hall–Kier alpha value is -2.98. The summed E-state index contributed by atoms with van der Waals surface area (Å²) in [6.45, 7) is 6.20. The number of likely N-dealkylation sites (tertiary alicyclic amines) is 1. The van der Waals surface area contributed by atoms with E-state index in [1.165, 1.54) is 11.9 Å². The number of likely N-dealkylation sites (N-methyl/N-ethyl adjacent to an activating group) is 1. The van der Waals surface area contributed by atoms with E-state index in [0.29, 0.717) is 18.1 Å². The molecule has 2 saturated heterocycles. The number of amides is 3.